The molecule has 0 saturated heterocycles. The smallest absolute Gasteiger partial charge is 0.240 e. The minimum Gasteiger partial charge on any atom is -0.352 e. The minimum absolute atomic E-state index is 0.0628. The zero-order valence-corrected chi connectivity index (χ0v) is 15.5. The number of para-hydroxylation sites is 2. The third-order valence-electron chi connectivity index (χ3n) is 5.22. The lowest BCUT2D eigenvalue weighted by Crippen LogP contribution is -2.38. The second-order valence-electron chi connectivity index (χ2n) is 7.25. The van der Waals surface area contributed by atoms with Gasteiger partial charge in [-0.1, -0.05) is 61.7 Å². The van der Waals surface area contributed by atoms with E-state index in [9.17, 15) is 4.79 Å². The van der Waals surface area contributed by atoms with E-state index in [1.807, 2.05) is 47.0 Å². The van der Waals surface area contributed by atoms with Crippen molar-refractivity contribution in [3.63, 3.8) is 0 Å². The predicted octanol–water partition coefficient (Wildman–Crippen LogP) is 4.10. The van der Waals surface area contributed by atoms with Crippen LogP contribution in [0, 0.1) is 0 Å². The maximum Gasteiger partial charge on any atom is 0.240 e. The van der Waals surface area contributed by atoms with Crippen molar-refractivity contribution in [2.24, 2.45) is 0 Å². The highest BCUT2D eigenvalue weighted by Crippen LogP contribution is 2.21. The van der Waals surface area contributed by atoms with Crippen molar-refractivity contribution in [1.82, 2.24) is 14.9 Å². The number of fused-ring (bicyclic) bond motifs is 1. The van der Waals surface area contributed by atoms with Gasteiger partial charge >= 0.3 is 0 Å². The van der Waals surface area contributed by atoms with Crippen LogP contribution in [0.2, 0.25) is 0 Å². The summed E-state index contributed by atoms with van der Waals surface area (Å²) in [5.41, 5.74) is 3.06. The molecule has 0 radical (unpaired) electrons. The monoisotopic (exact) mass is 362 g/mol. The van der Waals surface area contributed by atoms with E-state index in [-0.39, 0.29) is 12.5 Å². The van der Waals surface area contributed by atoms with E-state index in [1.54, 1.807) is 0 Å². The Bertz CT molecular complexity index is 897. The highest BCUT2D eigenvalue weighted by molar-refractivity contribution is 5.83. The van der Waals surface area contributed by atoms with Crippen LogP contribution in [0.3, 0.4) is 0 Å². The number of benzene rings is 2. The Morgan fingerprint density at radius 2 is 1.74 bits per heavy atom. The molecule has 2 N–H and O–H groups in total. The van der Waals surface area contributed by atoms with Crippen molar-refractivity contribution in [3.8, 4) is 0 Å². The molecule has 0 spiro atoms. The van der Waals surface area contributed by atoms with Gasteiger partial charge in [-0.3, -0.25) is 4.79 Å². The van der Waals surface area contributed by atoms with Gasteiger partial charge in [0.2, 0.25) is 11.9 Å². The molecule has 1 fully saturated rings. The first kappa shape index (κ1) is 17.6. The lowest BCUT2D eigenvalue weighted by Gasteiger charge is -2.23. The topological polar surface area (TPSA) is 59.0 Å². The number of aromatic nitrogens is 2. The van der Waals surface area contributed by atoms with Gasteiger partial charge < -0.3 is 15.2 Å². The molecule has 3 aromatic rings. The molecule has 0 atom stereocenters. The number of anilines is 1. The summed E-state index contributed by atoms with van der Waals surface area (Å²) in [5, 5.41) is 6.61. The fraction of sp³-hybridized carbons (Fsp3) is 0.364. The van der Waals surface area contributed by atoms with Crippen LogP contribution >= 0.6 is 0 Å². The average molecular weight is 362 g/mol. The Kier molecular flexibility index (Phi) is 5.37. The second kappa shape index (κ2) is 8.25. The summed E-state index contributed by atoms with van der Waals surface area (Å²) >= 11 is 0. The Morgan fingerprint density at radius 3 is 2.56 bits per heavy atom. The molecule has 1 amide bonds. The van der Waals surface area contributed by atoms with Gasteiger partial charge in [0.1, 0.15) is 6.54 Å². The largest absolute Gasteiger partial charge is 0.352 e. The van der Waals surface area contributed by atoms with Crippen molar-refractivity contribution < 1.29 is 4.79 Å². The van der Waals surface area contributed by atoms with Crippen LogP contribution in [0.25, 0.3) is 11.0 Å². The average Bonchev–Trinajstić information content (AvgIpc) is 3.05. The van der Waals surface area contributed by atoms with Crippen LogP contribution in [-0.4, -0.2) is 21.5 Å². The maximum atomic E-state index is 12.7. The molecule has 1 aliphatic rings. The van der Waals surface area contributed by atoms with Crippen molar-refractivity contribution in [2.75, 3.05) is 5.32 Å². The zero-order chi connectivity index (χ0) is 18.5. The van der Waals surface area contributed by atoms with E-state index >= 15 is 0 Å². The highest BCUT2D eigenvalue weighted by atomic mass is 16.2. The number of nitrogens with one attached hydrogen (secondary N) is 2. The molecule has 140 valence electrons. The van der Waals surface area contributed by atoms with Crippen molar-refractivity contribution in [2.45, 2.75) is 51.2 Å². The first-order valence-electron chi connectivity index (χ1n) is 9.82. The molecular formula is C22H26N4O. The molecule has 1 aliphatic carbocycles. The van der Waals surface area contributed by atoms with E-state index in [1.165, 1.54) is 24.8 Å². The summed E-state index contributed by atoms with van der Waals surface area (Å²) in [6, 6.07) is 18.5. The van der Waals surface area contributed by atoms with Gasteiger partial charge in [0.15, 0.2) is 0 Å². The molecule has 5 nitrogen and oxygen atoms in total. The molecule has 5 heteroatoms. The lowest BCUT2D eigenvalue weighted by molar-refractivity contribution is -0.122. The summed E-state index contributed by atoms with van der Waals surface area (Å²) in [5.74, 6) is 0.798. The van der Waals surface area contributed by atoms with Gasteiger partial charge in [0.05, 0.1) is 11.0 Å². The summed E-state index contributed by atoms with van der Waals surface area (Å²) in [7, 11) is 0. The number of amides is 1. The first-order valence-corrected chi connectivity index (χ1v) is 9.82. The molecule has 2 aromatic carbocycles. The summed E-state index contributed by atoms with van der Waals surface area (Å²) in [6.45, 7) is 0.961. The minimum atomic E-state index is 0.0628. The number of carbonyl (C=O) groups excluding carboxylic acids is 1. The van der Waals surface area contributed by atoms with E-state index < -0.39 is 0 Å². The number of carbonyl (C=O) groups is 1. The summed E-state index contributed by atoms with van der Waals surface area (Å²) in [4.78, 5) is 17.4. The Labute approximate surface area is 159 Å². The molecule has 27 heavy (non-hydrogen) atoms. The van der Waals surface area contributed by atoms with Gasteiger partial charge in [-0.15, -0.1) is 0 Å². The Hall–Kier alpha value is -2.82. The molecule has 0 unspecified atom stereocenters. The number of hydrogen-bond acceptors (Lipinski definition) is 3. The first-order chi connectivity index (χ1) is 13.3. The lowest BCUT2D eigenvalue weighted by atomic mass is 9.95. The molecule has 1 aromatic heterocycles. The molecule has 4 rings (SSSR count). The van der Waals surface area contributed by atoms with Gasteiger partial charge in [0, 0.05) is 12.6 Å². The van der Waals surface area contributed by atoms with Gasteiger partial charge in [-0.25, -0.2) is 4.98 Å². The fourth-order valence-electron chi connectivity index (χ4n) is 3.81. The van der Waals surface area contributed by atoms with Gasteiger partial charge in [-0.2, -0.15) is 0 Å². The van der Waals surface area contributed by atoms with Crippen LogP contribution in [0.5, 0.6) is 0 Å². The van der Waals surface area contributed by atoms with Crippen LogP contribution in [0.4, 0.5) is 5.95 Å². The molecule has 1 heterocycles. The SMILES string of the molecule is O=C(Cn1c(NCc2ccccc2)nc2ccccc21)NC1CCCCC1. The number of rotatable bonds is 6. The van der Waals surface area contributed by atoms with Crippen LogP contribution in [0.1, 0.15) is 37.7 Å². The van der Waals surface area contributed by atoms with Crippen molar-refractivity contribution in [3.05, 3.63) is 60.2 Å². The number of nitrogens with zero attached hydrogens (tertiary/aromatic N) is 2. The Balaban J connectivity index is 1.51. The third-order valence-corrected chi connectivity index (χ3v) is 5.22. The number of hydrogen-bond donors (Lipinski definition) is 2. The molecular weight excluding hydrogens is 336 g/mol. The van der Waals surface area contributed by atoms with E-state index in [2.05, 4.69) is 22.8 Å². The second-order valence-corrected chi connectivity index (χ2v) is 7.25. The predicted molar refractivity (Wildman–Crippen MR) is 109 cm³/mol. The Morgan fingerprint density at radius 1 is 1.00 bits per heavy atom. The van der Waals surface area contributed by atoms with E-state index in [0.29, 0.717) is 12.6 Å². The normalized spacial score (nSPS) is 15.0. The van der Waals surface area contributed by atoms with E-state index in [4.69, 9.17) is 4.98 Å². The standard InChI is InChI=1S/C22H26N4O/c27-21(24-18-11-5-2-6-12-18)16-26-20-14-8-7-13-19(20)25-22(26)23-15-17-9-3-1-4-10-17/h1,3-4,7-10,13-14,18H,2,5-6,11-12,15-16H2,(H,23,25)(H,24,27). The third kappa shape index (κ3) is 4.30. The van der Waals surface area contributed by atoms with Gasteiger partial charge in [0.25, 0.3) is 0 Å². The van der Waals surface area contributed by atoms with Crippen LogP contribution in [-0.2, 0) is 17.9 Å². The summed E-state index contributed by atoms with van der Waals surface area (Å²) < 4.78 is 1.98. The quantitative estimate of drug-likeness (QED) is 0.694. The zero-order valence-electron chi connectivity index (χ0n) is 15.5. The summed E-state index contributed by atoms with van der Waals surface area (Å²) in [6.07, 6.45) is 5.89. The molecule has 0 bridgehead atoms. The van der Waals surface area contributed by atoms with E-state index in [0.717, 1.165) is 29.8 Å². The molecule has 0 aliphatic heterocycles. The number of imidazole rings is 1. The molecule has 1 saturated carbocycles. The highest BCUT2D eigenvalue weighted by Gasteiger charge is 2.18. The van der Waals surface area contributed by atoms with Crippen molar-refractivity contribution in [1.29, 1.82) is 0 Å². The fourth-order valence-corrected chi connectivity index (χ4v) is 3.81. The van der Waals surface area contributed by atoms with Gasteiger partial charge in [-0.05, 0) is 30.5 Å². The van der Waals surface area contributed by atoms with Crippen LogP contribution in [0.15, 0.2) is 54.6 Å². The maximum absolute atomic E-state index is 12.7. The van der Waals surface area contributed by atoms with Crippen molar-refractivity contribution >= 4 is 22.9 Å². The van der Waals surface area contributed by atoms with Crippen LogP contribution < -0.4 is 10.6 Å².